The summed E-state index contributed by atoms with van der Waals surface area (Å²) in [5.74, 6) is 0.757. The fraction of sp³-hybridized carbons (Fsp3) is 1.00. The number of hydrogen-bond acceptors (Lipinski definition) is 3. The summed E-state index contributed by atoms with van der Waals surface area (Å²) in [6.07, 6.45) is 9.37. The minimum Gasteiger partial charge on any atom is -0.381 e. The van der Waals surface area contributed by atoms with Gasteiger partial charge in [0.15, 0.2) is 0 Å². The highest BCUT2D eigenvalue weighted by Crippen LogP contribution is 2.24. The van der Waals surface area contributed by atoms with E-state index >= 15 is 0 Å². The van der Waals surface area contributed by atoms with Gasteiger partial charge in [-0.3, -0.25) is 0 Å². The molecule has 1 N–H and O–H groups in total. The van der Waals surface area contributed by atoms with Crippen LogP contribution in [0.15, 0.2) is 0 Å². The van der Waals surface area contributed by atoms with Crippen molar-refractivity contribution >= 4 is 0 Å². The van der Waals surface area contributed by atoms with Gasteiger partial charge >= 0.3 is 0 Å². The number of ether oxygens (including phenoxy) is 1. The van der Waals surface area contributed by atoms with E-state index in [9.17, 15) is 0 Å². The molecule has 2 rings (SSSR count). The highest BCUT2D eigenvalue weighted by molar-refractivity contribution is 4.88. The third-order valence-electron chi connectivity index (χ3n) is 4.75. The van der Waals surface area contributed by atoms with Gasteiger partial charge in [0.25, 0.3) is 0 Å². The van der Waals surface area contributed by atoms with E-state index in [1.807, 2.05) is 0 Å². The van der Waals surface area contributed by atoms with Gasteiger partial charge in [-0.1, -0.05) is 19.8 Å². The van der Waals surface area contributed by atoms with E-state index in [-0.39, 0.29) is 0 Å². The number of likely N-dealkylation sites (N-methyl/N-ethyl adjacent to an activating group) is 1. The molecule has 2 aliphatic rings. The van der Waals surface area contributed by atoms with Crippen LogP contribution in [-0.4, -0.2) is 50.3 Å². The zero-order valence-corrected chi connectivity index (χ0v) is 12.9. The van der Waals surface area contributed by atoms with Gasteiger partial charge in [-0.15, -0.1) is 0 Å². The second-order valence-electron chi connectivity index (χ2n) is 6.44. The molecule has 0 aromatic rings. The molecule has 3 atom stereocenters. The maximum absolute atomic E-state index is 5.62. The summed E-state index contributed by atoms with van der Waals surface area (Å²) >= 11 is 0. The molecule has 0 amide bonds. The molecule has 0 spiro atoms. The zero-order chi connectivity index (χ0) is 13.5. The van der Waals surface area contributed by atoms with E-state index in [0.717, 1.165) is 25.2 Å². The first kappa shape index (κ1) is 15.3. The van der Waals surface area contributed by atoms with Crippen molar-refractivity contribution in [3.63, 3.8) is 0 Å². The van der Waals surface area contributed by atoms with Crippen LogP contribution in [0.4, 0.5) is 0 Å². The first-order valence-corrected chi connectivity index (χ1v) is 8.32. The van der Waals surface area contributed by atoms with Crippen molar-refractivity contribution < 1.29 is 4.74 Å². The summed E-state index contributed by atoms with van der Waals surface area (Å²) in [4.78, 5) is 2.62. The standard InChI is InChI=1S/C16H32N2O/c1-3-10-17-15-8-4-5-9-16(15)18(2)12-14-7-6-11-19-13-14/h14-17H,3-13H2,1-2H3. The molecule has 3 nitrogen and oxygen atoms in total. The first-order valence-electron chi connectivity index (χ1n) is 8.32. The van der Waals surface area contributed by atoms with Crippen LogP contribution in [0.5, 0.6) is 0 Å². The maximum atomic E-state index is 5.62. The minimum absolute atomic E-state index is 0.711. The van der Waals surface area contributed by atoms with Gasteiger partial charge in [-0.05, 0) is 51.6 Å². The lowest BCUT2D eigenvalue weighted by Crippen LogP contribution is -2.52. The SMILES string of the molecule is CCCNC1CCCCC1N(C)CC1CCCOC1. The summed E-state index contributed by atoms with van der Waals surface area (Å²) < 4.78 is 5.62. The average Bonchev–Trinajstić information content (AvgIpc) is 2.46. The summed E-state index contributed by atoms with van der Waals surface area (Å²) in [6, 6.07) is 1.45. The van der Waals surface area contributed by atoms with Crippen molar-refractivity contribution in [3.8, 4) is 0 Å². The van der Waals surface area contributed by atoms with E-state index in [1.165, 1.54) is 58.0 Å². The second kappa shape index (κ2) is 8.23. The Kier molecular flexibility index (Phi) is 6.62. The maximum Gasteiger partial charge on any atom is 0.0506 e. The van der Waals surface area contributed by atoms with Crippen LogP contribution in [0.25, 0.3) is 0 Å². The van der Waals surface area contributed by atoms with E-state index in [2.05, 4.69) is 24.2 Å². The van der Waals surface area contributed by atoms with Crippen LogP contribution in [0.2, 0.25) is 0 Å². The highest BCUT2D eigenvalue weighted by Gasteiger charge is 2.29. The topological polar surface area (TPSA) is 24.5 Å². The summed E-state index contributed by atoms with van der Waals surface area (Å²) in [6.45, 7) is 6.60. The number of nitrogens with one attached hydrogen (secondary N) is 1. The predicted molar refractivity (Wildman–Crippen MR) is 80.5 cm³/mol. The molecule has 0 radical (unpaired) electrons. The van der Waals surface area contributed by atoms with E-state index < -0.39 is 0 Å². The fourth-order valence-corrected chi connectivity index (χ4v) is 3.70. The molecule has 112 valence electrons. The molecule has 19 heavy (non-hydrogen) atoms. The largest absolute Gasteiger partial charge is 0.381 e. The highest BCUT2D eigenvalue weighted by atomic mass is 16.5. The van der Waals surface area contributed by atoms with Crippen molar-refractivity contribution in [1.29, 1.82) is 0 Å². The normalized spacial score (nSPS) is 32.7. The average molecular weight is 268 g/mol. The lowest BCUT2D eigenvalue weighted by Gasteiger charge is -2.40. The number of nitrogens with zero attached hydrogens (tertiary/aromatic N) is 1. The molecule has 3 heteroatoms. The summed E-state index contributed by atoms with van der Waals surface area (Å²) in [7, 11) is 2.32. The van der Waals surface area contributed by atoms with Crippen molar-refractivity contribution in [2.75, 3.05) is 33.4 Å². The molecule has 1 saturated carbocycles. The van der Waals surface area contributed by atoms with Gasteiger partial charge in [-0.2, -0.15) is 0 Å². The van der Waals surface area contributed by atoms with Gasteiger partial charge < -0.3 is 15.0 Å². The van der Waals surface area contributed by atoms with Crippen LogP contribution in [0.1, 0.15) is 51.9 Å². The molecule has 0 bridgehead atoms. The Hall–Kier alpha value is -0.120. The molecular formula is C16H32N2O. The monoisotopic (exact) mass is 268 g/mol. The van der Waals surface area contributed by atoms with Crippen LogP contribution >= 0.6 is 0 Å². The molecule has 1 aliphatic heterocycles. The Balaban J connectivity index is 1.81. The third-order valence-corrected chi connectivity index (χ3v) is 4.75. The number of hydrogen-bond donors (Lipinski definition) is 1. The van der Waals surface area contributed by atoms with Crippen molar-refractivity contribution in [2.24, 2.45) is 5.92 Å². The van der Waals surface area contributed by atoms with Crippen LogP contribution in [0, 0.1) is 5.92 Å². The quantitative estimate of drug-likeness (QED) is 0.801. The molecule has 1 heterocycles. The van der Waals surface area contributed by atoms with E-state index in [4.69, 9.17) is 4.74 Å². The minimum atomic E-state index is 0.711. The Morgan fingerprint density at radius 2 is 2.00 bits per heavy atom. The van der Waals surface area contributed by atoms with Crippen LogP contribution < -0.4 is 5.32 Å². The lowest BCUT2D eigenvalue weighted by atomic mass is 9.88. The van der Waals surface area contributed by atoms with E-state index in [0.29, 0.717) is 6.04 Å². The zero-order valence-electron chi connectivity index (χ0n) is 12.9. The smallest absolute Gasteiger partial charge is 0.0506 e. The van der Waals surface area contributed by atoms with Gasteiger partial charge in [0.1, 0.15) is 0 Å². The Bertz CT molecular complexity index is 241. The molecule has 3 unspecified atom stereocenters. The molecule has 0 aromatic carbocycles. The molecule has 1 aliphatic carbocycles. The third kappa shape index (κ3) is 4.73. The first-order chi connectivity index (χ1) is 9.31. The Morgan fingerprint density at radius 1 is 1.16 bits per heavy atom. The Labute approximate surface area is 119 Å². The lowest BCUT2D eigenvalue weighted by molar-refractivity contribution is 0.0292. The second-order valence-corrected chi connectivity index (χ2v) is 6.44. The summed E-state index contributed by atoms with van der Waals surface area (Å²) in [5, 5.41) is 3.77. The summed E-state index contributed by atoms with van der Waals surface area (Å²) in [5.41, 5.74) is 0. The number of rotatable bonds is 6. The van der Waals surface area contributed by atoms with Crippen molar-refractivity contribution in [2.45, 2.75) is 64.0 Å². The van der Waals surface area contributed by atoms with Gasteiger partial charge in [-0.25, -0.2) is 0 Å². The molecule has 2 fully saturated rings. The molecular weight excluding hydrogens is 236 g/mol. The van der Waals surface area contributed by atoms with Gasteiger partial charge in [0.2, 0.25) is 0 Å². The Morgan fingerprint density at radius 3 is 2.74 bits per heavy atom. The van der Waals surface area contributed by atoms with Crippen LogP contribution in [-0.2, 0) is 4.74 Å². The predicted octanol–water partition coefficient (Wildman–Crippen LogP) is 2.66. The van der Waals surface area contributed by atoms with Crippen molar-refractivity contribution in [1.82, 2.24) is 10.2 Å². The van der Waals surface area contributed by atoms with Gasteiger partial charge in [0, 0.05) is 25.2 Å². The van der Waals surface area contributed by atoms with Crippen LogP contribution in [0.3, 0.4) is 0 Å². The molecule has 1 saturated heterocycles. The van der Waals surface area contributed by atoms with E-state index in [1.54, 1.807) is 0 Å². The van der Waals surface area contributed by atoms with Gasteiger partial charge in [0.05, 0.1) is 6.61 Å². The fourth-order valence-electron chi connectivity index (χ4n) is 3.70. The van der Waals surface area contributed by atoms with Crippen molar-refractivity contribution in [3.05, 3.63) is 0 Å². The molecule has 0 aromatic heterocycles.